The van der Waals surface area contributed by atoms with Crippen molar-refractivity contribution < 1.29 is 18.3 Å². The van der Waals surface area contributed by atoms with Crippen molar-refractivity contribution in [2.75, 3.05) is 13.7 Å². The van der Waals surface area contributed by atoms with Gasteiger partial charge < -0.3 is 15.5 Å². The second-order valence-electron chi connectivity index (χ2n) is 9.78. The molecule has 1 aliphatic heterocycles. The minimum Gasteiger partial charge on any atom is -0.496 e. The van der Waals surface area contributed by atoms with Crippen LogP contribution in [0.2, 0.25) is 0 Å². The number of carbonyl (C=O) groups is 1. The van der Waals surface area contributed by atoms with E-state index >= 15 is 0 Å². The van der Waals surface area contributed by atoms with E-state index in [0.717, 1.165) is 46.3 Å². The summed E-state index contributed by atoms with van der Waals surface area (Å²) in [5, 5.41) is 1.12. The SMILES string of the molecule is COc1cc(C)c2[nH]ccc2c1CN1CCC2(C[C@@H]1c1ccc(C(N)=O)cc1)CC(F)(F)C2. The third-order valence-electron chi connectivity index (χ3n) is 7.54. The molecule has 2 heterocycles. The van der Waals surface area contributed by atoms with Gasteiger partial charge in [0.05, 0.1) is 7.11 Å². The first-order chi connectivity index (χ1) is 15.7. The second-order valence-corrected chi connectivity index (χ2v) is 9.78. The lowest BCUT2D eigenvalue weighted by atomic mass is 9.59. The number of hydrogen-bond acceptors (Lipinski definition) is 3. The van der Waals surface area contributed by atoms with Gasteiger partial charge in [-0.3, -0.25) is 9.69 Å². The predicted molar refractivity (Wildman–Crippen MR) is 124 cm³/mol. The maximum absolute atomic E-state index is 13.9. The van der Waals surface area contributed by atoms with Gasteiger partial charge in [0, 0.05) is 53.7 Å². The molecular weight excluding hydrogens is 424 g/mol. The molecule has 1 amide bonds. The van der Waals surface area contributed by atoms with E-state index in [-0.39, 0.29) is 24.3 Å². The highest BCUT2D eigenvalue weighted by Gasteiger charge is 2.58. The van der Waals surface area contributed by atoms with Gasteiger partial charge in [-0.15, -0.1) is 0 Å². The number of primary amides is 1. The Morgan fingerprint density at radius 1 is 1.24 bits per heavy atom. The number of nitrogens with two attached hydrogens (primary N) is 1. The van der Waals surface area contributed by atoms with Gasteiger partial charge >= 0.3 is 0 Å². The van der Waals surface area contributed by atoms with Crippen LogP contribution in [0.15, 0.2) is 42.6 Å². The molecule has 0 unspecified atom stereocenters. The maximum atomic E-state index is 13.9. The van der Waals surface area contributed by atoms with Crippen LogP contribution in [0.1, 0.15) is 58.8 Å². The van der Waals surface area contributed by atoms with E-state index in [4.69, 9.17) is 10.5 Å². The number of rotatable bonds is 5. The predicted octanol–water partition coefficient (Wildman–Crippen LogP) is 5.34. The van der Waals surface area contributed by atoms with Gasteiger partial charge in [-0.1, -0.05) is 12.1 Å². The number of fused-ring (bicyclic) bond motifs is 1. The van der Waals surface area contributed by atoms with Crippen molar-refractivity contribution in [3.8, 4) is 5.75 Å². The molecule has 1 aliphatic carbocycles. The summed E-state index contributed by atoms with van der Waals surface area (Å²) in [6.07, 6.45) is 3.27. The van der Waals surface area contributed by atoms with Gasteiger partial charge in [0.25, 0.3) is 0 Å². The molecule has 33 heavy (non-hydrogen) atoms. The van der Waals surface area contributed by atoms with E-state index in [0.29, 0.717) is 18.5 Å². The maximum Gasteiger partial charge on any atom is 0.249 e. The number of nitrogens with one attached hydrogen (secondary N) is 1. The summed E-state index contributed by atoms with van der Waals surface area (Å²) in [4.78, 5) is 17.2. The molecule has 2 aliphatic rings. The average molecular weight is 454 g/mol. The summed E-state index contributed by atoms with van der Waals surface area (Å²) in [6.45, 7) is 3.42. The molecule has 2 aromatic carbocycles. The van der Waals surface area contributed by atoms with Gasteiger partial charge in [0.15, 0.2) is 0 Å². The van der Waals surface area contributed by atoms with E-state index in [1.165, 1.54) is 0 Å². The van der Waals surface area contributed by atoms with Crippen molar-refractivity contribution in [1.82, 2.24) is 9.88 Å². The lowest BCUT2D eigenvalue weighted by Gasteiger charge is -2.54. The number of aryl methyl sites for hydroxylation is 1. The number of amides is 1. The highest BCUT2D eigenvalue weighted by Crippen LogP contribution is 2.60. The highest BCUT2D eigenvalue weighted by atomic mass is 19.3. The minimum absolute atomic E-state index is 0.0308. The van der Waals surface area contributed by atoms with Crippen LogP contribution in [-0.4, -0.2) is 35.4 Å². The molecule has 174 valence electrons. The molecule has 0 bridgehead atoms. The normalized spacial score (nSPS) is 21.8. The quantitative estimate of drug-likeness (QED) is 0.548. The fourth-order valence-electron chi connectivity index (χ4n) is 5.92. The van der Waals surface area contributed by atoms with Crippen molar-refractivity contribution in [3.05, 3.63) is 64.8 Å². The molecule has 1 atom stereocenters. The lowest BCUT2D eigenvalue weighted by Crippen LogP contribution is -2.53. The van der Waals surface area contributed by atoms with Crippen LogP contribution in [0.4, 0.5) is 8.78 Å². The van der Waals surface area contributed by atoms with Crippen molar-refractivity contribution in [1.29, 1.82) is 0 Å². The van der Waals surface area contributed by atoms with E-state index in [1.807, 2.05) is 24.4 Å². The topological polar surface area (TPSA) is 71.3 Å². The number of piperidine rings is 1. The van der Waals surface area contributed by atoms with Crippen molar-refractivity contribution in [3.63, 3.8) is 0 Å². The van der Waals surface area contributed by atoms with Crippen LogP contribution >= 0.6 is 0 Å². The Labute approximate surface area is 191 Å². The van der Waals surface area contributed by atoms with Crippen LogP contribution in [0.25, 0.3) is 10.9 Å². The van der Waals surface area contributed by atoms with Gasteiger partial charge in [0.2, 0.25) is 11.8 Å². The lowest BCUT2D eigenvalue weighted by molar-refractivity contribution is -0.186. The Kier molecular flexibility index (Phi) is 5.20. The molecule has 5 rings (SSSR count). The molecule has 1 saturated carbocycles. The van der Waals surface area contributed by atoms with Crippen LogP contribution in [-0.2, 0) is 6.54 Å². The second kappa shape index (κ2) is 7.83. The number of likely N-dealkylation sites (tertiary alicyclic amines) is 1. The number of nitrogens with zero attached hydrogens (tertiary/aromatic N) is 1. The molecule has 1 spiro atoms. The molecule has 0 radical (unpaired) electrons. The zero-order valence-electron chi connectivity index (χ0n) is 19.0. The first-order valence-corrected chi connectivity index (χ1v) is 11.4. The van der Waals surface area contributed by atoms with Crippen molar-refractivity contribution in [2.24, 2.45) is 11.1 Å². The van der Waals surface area contributed by atoms with E-state index in [2.05, 4.69) is 22.9 Å². The largest absolute Gasteiger partial charge is 0.496 e. The van der Waals surface area contributed by atoms with E-state index in [1.54, 1.807) is 19.2 Å². The molecule has 3 N–H and O–H groups in total. The molecule has 7 heteroatoms. The van der Waals surface area contributed by atoms with Gasteiger partial charge in [0.1, 0.15) is 5.75 Å². The number of carbonyl (C=O) groups excluding carboxylic acids is 1. The van der Waals surface area contributed by atoms with E-state index in [9.17, 15) is 13.6 Å². The number of aromatic nitrogens is 1. The molecule has 1 aromatic heterocycles. The standard InChI is InChI=1S/C26H29F2N3O2/c1-16-11-22(33-2)20(19-7-9-30-23(16)19)13-31-10-8-25(14-26(27,28)15-25)12-21(31)17-3-5-18(6-4-17)24(29)32/h3-7,9,11,21,30H,8,10,12-15H2,1-2H3,(H2,29,32)/t21-/m1/s1. The third kappa shape index (κ3) is 3.88. The first kappa shape index (κ1) is 21.9. The first-order valence-electron chi connectivity index (χ1n) is 11.4. The fourth-order valence-corrected chi connectivity index (χ4v) is 5.92. The zero-order chi connectivity index (χ0) is 23.4. The zero-order valence-corrected chi connectivity index (χ0v) is 19.0. The molecule has 5 nitrogen and oxygen atoms in total. The van der Waals surface area contributed by atoms with Crippen molar-refractivity contribution >= 4 is 16.8 Å². The van der Waals surface area contributed by atoms with Crippen LogP contribution < -0.4 is 10.5 Å². The van der Waals surface area contributed by atoms with Crippen LogP contribution in [0.5, 0.6) is 5.75 Å². The number of benzene rings is 2. The Hall–Kier alpha value is -2.93. The van der Waals surface area contributed by atoms with Crippen LogP contribution in [0, 0.1) is 12.3 Å². The number of halogens is 2. The summed E-state index contributed by atoms with van der Waals surface area (Å²) < 4.78 is 33.5. The number of H-pyrrole nitrogens is 1. The number of aromatic amines is 1. The number of alkyl halides is 2. The summed E-state index contributed by atoms with van der Waals surface area (Å²) in [5.74, 6) is -2.20. The van der Waals surface area contributed by atoms with E-state index < -0.39 is 11.8 Å². The monoisotopic (exact) mass is 453 g/mol. The molecule has 1 saturated heterocycles. The number of hydrogen-bond donors (Lipinski definition) is 2. The molecular formula is C26H29F2N3O2. The average Bonchev–Trinajstić information content (AvgIpc) is 3.26. The smallest absolute Gasteiger partial charge is 0.249 e. The Balaban J connectivity index is 1.50. The van der Waals surface area contributed by atoms with Crippen molar-refractivity contribution in [2.45, 2.75) is 51.1 Å². The minimum atomic E-state index is -2.56. The van der Waals surface area contributed by atoms with Gasteiger partial charge in [-0.2, -0.15) is 0 Å². The van der Waals surface area contributed by atoms with Gasteiger partial charge in [-0.05, 0) is 67.1 Å². The number of ether oxygens (including phenoxy) is 1. The summed E-state index contributed by atoms with van der Waals surface area (Å²) >= 11 is 0. The van der Waals surface area contributed by atoms with Crippen LogP contribution in [0.3, 0.4) is 0 Å². The highest BCUT2D eigenvalue weighted by molar-refractivity contribution is 5.92. The molecule has 3 aromatic rings. The third-order valence-corrected chi connectivity index (χ3v) is 7.54. The summed E-state index contributed by atoms with van der Waals surface area (Å²) in [5.41, 5.74) is 9.84. The summed E-state index contributed by atoms with van der Waals surface area (Å²) in [6, 6.07) is 11.3. The Bertz CT molecular complexity index is 1190. The van der Waals surface area contributed by atoms with Gasteiger partial charge in [-0.25, -0.2) is 8.78 Å². The Morgan fingerprint density at radius 3 is 2.61 bits per heavy atom. The summed E-state index contributed by atoms with van der Waals surface area (Å²) in [7, 11) is 1.68. The number of methoxy groups -OCH3 is 1. The molecule has 2 fully saturated rings. The Morgan fingerprint density at radius 2 is 1.97 bits per heavy atom. The fraction of sp³-hybridized carbons (Fsp3) is 0.423.